The van der Waals surface area contributed by atoms with E-state index < -0.39 is 70.1 Å². The third kappa shape index (κ3) is 6.00. The Hall–Kier alpha value is -3.05. The molecule has 16 heteroatoms. The van der Waals surface area contributed by atoms with Crippen molar-refractivity contribution in [3.63, 3.8) is 0 Å². The Morgan fingerprint density at radius 3 is 2.45 bits per heavy atom. The fraction of sp³-hybridized carbons (Fsp3) is 0.500. The second-order valence-corrected chi connectivity index (χ2v) is 9.79. The van der Waals surface area contributed by atoms with Gasteiger partial charge in [-0.25, -0.2) is 14.4 Å². The number of alkyl halides is 6. The Morgan fingerprint density at radius 1 is 1.23 bits per heavy atom. The Morgan fingerprint density at radius 2 is 1.90 bits per heavy atom. The number of hydrazone groups is 1. The quantitative estimate of drug-likeness (QED) is 0.203. The summed E-state index contributed by atoms with van der Waals surface area (Å²) in [5.41, 5.74) is -6.29. The summed E-state index contributed by atoms with van der Waals surface area (Å²) in [6, 6.07) is 2.77. The standard InChI is InChI=1S/C24H27F7N6O3/c1-14-19(25)4-5-21(34-14)35(3)22(11-40-22)8-17-18(24(29,30)31)6-15(23(26,27)28)7-20(17)37(39)12-33-36(13-37)10-16(38)9-32-2/h4-7,12,16,32,38H,8-11,13H2,1-3H3. The van der Waals surface area contributed by atoms with Crippen LogP contribution in [0.25, 0.3) is 0 Å². The lowest BCUT2D eigenvalue weighted by Crippen LogP contribution is -2.47. The minimum Gasteiger partial charge on any atom is -0.620 e. The first-order chi connectivity index (χ1) is 18.5. The normalized spacial score (nSPS) is 23.6. The summed E-state index contributed by atoms with van der Waals surface area (Å²) in [4.78, 5) is 5.44. The molecule has 4 rings (SSSR count). The summed E-state index contributed by atoms with van der Waals surface area (Å²) in [6.45, 7) is 0.510. The number of anilines is 1. The van der Waals surface area contributed by atoms with Crippen molar-refractivity contribution < 1.29 is 40.6 Å². The van der Waals surface area contributed by atoms with Crippen molar-refractivity contribution in [1.29, 1.82) is 0 Å². The molecule has 2 N–H and O–H groups in total. The second-order valence-electron chi connectivity index (χ2n) is 9.79. The maximum Gasteiger partial charge on any atom is 0.416 e. The number of β-amino-alcohol motifs (C(OH)–C–C–N with tert-alkyl or cyclic N) is 1. The van der Waals surface area contributed by atoms with E-state index in [1.54, 1.807) is 7.05 Å². The van der Waals surface area contributed by atoms with Gasteiger partial charge in [0.25, 0.3) is 0 Å². The fourth-order valence-corrected chi connectivity index (χ4v) is 4.56. The minimum atomic E-state index is -5.26. The molecule has 2 aliphatic heterocycles. The lowest BCUT2D eigenvalue weighted by atomic mass is 9.94. The highest BCUT2D eigenvalue weighted by Crippen LogP contribution is 2.47. The number of aromatic nitrogens is 1. The van der Waals surface area contributed by atoms with Gasteiger partial charge in [0, 0.05) is 31.6 Å². The van der Waals surface area contributed by atoms with Gasteiger partial charge in [-0.1, -0.05) is 0 Å². The third-order valence-corrected chi connectivity index (χ3v) is 6.80. The Kier molecular flexibility index (Phi) is 7.79. The summed E-state index contributed by atoms with van der Waals surface area (Å²) < 4.78 is 102. The van der Waals surface area contributed by atoms with Gasteiger partial charge in [-0.15, -0.1) is 5.10 Å². The van der Waals surface area contributed by atoms with Gasteiger partial charge in [-0.2, -0.15) is 26.3 Å². The minimum absolute atomic E-state index is 0.0178. The number of rotatable bonds is 9. The smallest absolute Gasteiger partial charge is 0.416 e. The van der Waals surface area contributed by atoms with Crippen LogP contribution in [-0.2, 0) is 23.5 Å². The first-order valence-electron chi connectivity index (χ1n) is 12.0. The van der Waals surface area contributed by atoms with Gasteiger partial charge >= 0.3 is 12.4 Å². The molecule has 3 heterocycles. The number of ether oxygens (including phenoxy) is 1. The molecule has 0 spiro atoms. The van der Waals surface area contributed by atoms with Crippen molar-refractivity contribution in [1.82, 2.24) is 20.0 Å². The Balaban J connectivity index is 1.81. The maximum absolute atomic E-state index is 14.3. The van der Waals surface area contributed by atoms with Crippen LogP contribution in [0.5, 0.6) is 0 Å². The summed E-state index contributed by atoms with van der Waals surface area (Å²) in [7, 11) is 3.00. The van der Waals surface area contributed by atoms with Crippen LogP contribution >= 0.6 is 0 Å². The molecule has 0 radical (unpaired) electrons. The maximum atomic E-state index is 14.3. The largest absolute Gasteiger partial charge is 0.620 e. The number of hydrogen-bond acceptors (Lipinski definition) is 8. The van der Waals surface area contributed by atoms with Gasteiger partial charge in [0.05, 0.1) is 36.1 Å². The molecule has 40 heavy (non-hydrogen) atoms. The molecule has 9 nitrogen and oxygen atoms in total. The van der Waals surface area contributed by atoms with E-state index in [0.29, 0.717) is 12.4 Å². The van der Waals surface area contributed by atoms with Gasteiger partial charge in [-0.3, -0.25) is 4.65 Å². The van der Waals surface area contributed by atoms with Crippen LogP contribution in [0.15, 0.2) is 29.4 Å². The van der Waals surface area contributed by atoms with E-state index in [-0.39, 0.29) is 37.3 Å². The predicted octanol–water partition coefficient (Wildman–Crippen LogP) is 3.57. The molecule has 3 unspecified atom stereocenters. The van der Waals surface area contributed by atoms with Gasteiger partial charge in [0.2, 0.25) is 6.34 Å². The molecule has 0 aliphatic carbocycles. The number of nitrogens with one attached hydrogen (secondary N) is 1. The van der Waals surface area contributed by atoms with E-state index in [0.717, 1.165) is 11.1 Å². The van der Waals surface area contributed by atoms with Crippen LogP contribution < -0.4 is 14.9 Å². The predicted molar refractivity (Wildman–Crippen MR) is 131 cm³/mol. The highest BCUT2D eigenvalue weighted by Gasteiger charge is 2.53. The molecule has 1 aromatic heterocycles. The van der Waals surface area contributed by atoms with Crippen molar-refractivity contribution in [3.05, 3.63) is 57.7 Å². The zero-order valence-corrected chi connectivity index (χ0v) is 21.6. The van der Waals surface area contributed by atoms with Crippen LogP contribution in [0.1, 0.15) is 22.4 Å². The first-order valence-corrected chi connectivity index (χ1v) is 12.0. The molecule has 0 bridgehead atoms. The molecule has 1 saturated heterocycles. The molecule has 0 saturated carbocycles. The number of benzene rings is 1. The fourth-order valence-electron chi connectivity index (χ4n) is 4.56. The SMILES string of the molecule is CNCC(O)CN1C[N+]([O-])(c2cc(C(F)(F)F)cc(C(F)(F)F)c2CC2(N(C)c3ccc(F)c(C)n3)CO2)C=N1. The van der Waals surface area contributed by atoms with Crippen LogP contribution in [0.4, 0.5) is 42.2 Å². The molecule has 2 aliphatic rings. The van der Waals surface area contributed by atoms with E-state index in [2.05, 4.69) is 15.4 Å². The number of hydroxylamine groups is 2. The van der Waals surface area contributed by atoms with E-state index in [1.807, 2.05) is 0 Å². The number of halogens is 7. The van der Waals surface area contributed by atoms with Crippen molar-refractivity contribution in [2.45, 2.75) is 37.5 Å². The molecule has 3 atom stereocenters. The topological polar surface area (TPSA) is 99.6 Å². The van der Waals surface area contributed by atoms with E-state index in [4.69, 9.17) is 4.74 Å². The number of aliphatic hydroxyl groups excluding tert-OH is 1. The highest BCUT2D eigenvalue weighted by atomic mass is 19.4. The average molecular weight is 581 g/mol. The van der Waals surface area contributed by atoms with Crippen molar-refractivity contribution >= 4 is 17.8 Å². The van der Waals surface area contributed by atoms with E-state index in [1.165, 1.54) is 24.9 Å². The number of quaternary nitrogens is 1. The lowest BCUT2D eigenvalue weighted by Gasteiger charge is -2.38. The van der Waals surface area contributed by atoms with E-state index >= 15 is 0 Å². The number of epoxide rings is 1. The van der Waals surface area contributed by atoms with Crippen molar-refractivity contribution in [3.8, 4) is 0 Å². The highest BCUT2D eigenvalue weighted by molar-refractivity contribution is 5.79. The van der Waals surface area contributed by atoms with Crippen molar-refractivity contribution in [2.75, 3.05) is 45.4 Å². The first kappa shape index (κ1) is 29.9. The van der Waals surface area contributed by atoms with Crippen LogP contribution in [-0.4, -0.2) is 73.7 Å². The zero-order valence-electron chi connectivity index (χ0n) is 21.6. The van der Waals surface area contributed by atoms with Gasteiger partial charge in [0.15, 0.2) is 12.4 Å². The molecule has 0 amide bonds. The molecule has 1 aromatic carbocycles. The number of nitrogens with zero attached hydrogens (tertiary/aromatic N) is 5. The molecular weight excluding hydrogens is 553 g/mol. The number of aryl methyl sites for hydroxylation is 1. The van der Waals surface area contributed by atoms with Crippen LogP contribution in [0.3, 0.4) is 0 Å². The summed E-state index contributed by atoms with van der Waals surface area (Å²) in [5, 5.41) is 31.5. The van der Waals surface area contributed by atoms with Gasteiger partial charge < -0.3 is 25.3 Å². The van der Waals surface area contributed by atoms with Crippen molar-refractivity contribution in [2.24, 2.45) is 5.10 Å². The van der Waals surface area contributed by atoms with Gasteiger partial charge in [0.1, 0.15) is 17.3 Å². The molecule has 1 fully saturated rings. The molecular formula is C24H27F7N6O3. The second kappa shape index (κ2) is 10.4. The number of hydrogen-bond donors (Lipinski definition) is 2. The summed E-state index contributed by atoms with van der Waals surface area (Å²) >= 11 is 0. The number of likely N-dealkylation sites (N-methyl/N-ethyl adjacent to an activating group) is 2. The average Bonchev–Trinajstić information content (AvgIpc) is 3.53. The monoisotopic (exact) mass is 580 g/mol. The summed E-state index contributed by atoms with van der Waals surface area (Å²) in [5.74, 6) is -0.459. The molecule has 220 valence electrons. The summed E-state index contributed by atoms with van der Waals surface area (Å²) in [6.07, 6.45) is -11.4. The molecule has 2 aromatic rings. The number of pyridine rings is 1. The Labute approximate surface area is 224 Å². The van der Waals surface area contributed by atoms with Gasteiger partial charge in [-0.05, 0) is 32.2 Å². The number of aliphatic hydroxyl groups is 1. The van der Waals surface area contributed by atoms with Crippen LogP contribution in [0.2, 0.25) is 0 Å². The van der Waals surface area contributed by atoms with E-state index in [9.17, 15) is 41.0 Å². The zero-order chi connectivity index (χ0) is 29.7. The third-order valence-electron chi connectivity index (χ3n) is 6.80. The van der Waals surface area contributed by atoms with Crippen LogP contribution in [0, 0.1) is 17.9 Å². The Bertz CT molecular complexity index is 1280. The lowest BCUT2D eigenvalue weighted by molar-refractivity contribution is -0.143.